The molecule has 9 heteroatoms. The number of phenols is 1. The third-order valence-electron chi connectivity index (χ3n) is 6.94. The van der Waals surface area contributed by atoms with Crippen LogP contribution in [-0.4, -0.2) is 48.2 Å². The van der Waals surface area contributed by atoms with Crippen LogP contribution in [0.2, 0.25) is 5.02 Å². The number of benzene rings is 2. The quantitative estimate of drug-likeness (QED) is 0.295. The maximum Gasteiger partial charge on any atom is 0.316 e. The van der Waals surface area contributed by atoms with Gasteiger partial charge in [0.05, 0.1) is 15.9 Å². The molecule has 1 saturated heterocycles. The second-order valence-electron chi connectivity index (χ2n) is 12.5. The van der Waals surface area contributed by atoms with Gasteiger partial charge in [-0.05, 0) is 73.7 Å². The molecule has 1 fully saturated rings. The third kappa shape index (κ3) is 6.03. The second-order valence-corrected chi connectivity index (χ2v) is 12.9. The van der Waals surface area contributed by atoms with Crippen LogP contribution >= 0.6 is 11.6 Å². The number of halogens is 1. The Morgan fingerprint density at radius 3 is 2.33 bits per heavy atom. The van der Waals surface area contributed by atoms with E-state index in [2.05, 4.69) is 0 Å². The van der Waals surface area contributed by atoms with Crippen molar-refractivity contribution >= 4 is 34.5 Å². The highest BCUT2D eigenvalue weighted by Crippen LogP contribution is 2.45. The first-order valence-corrected chi connectivity index (χ1v) is 13.7. The molecule has 0 saturated carbocycles. The summed E-state index contributed by atoms with van der Waals surface area (Å²) in [6.45, 7) is 11.5. The molecular formula is C31H36ClNO7. The van der Waals surface area contributed by atoms with Crippen molar-refractivity contribution in [3.05, 3.63) is 57.2 Å². The fourth-order valence-corrected chi connectivity index (χ4v) is 4.86. The van der Waals surface area contributed by atoms with Crippen molar-refractivity contribution in [3.63, 3.8) is 0 Å². The van der Waals surface area contributed by atoms with E-state index in [-0.39, 0.29) is 34.2 Å². The largest absolute Gasteiger partial charge is 0.507 e. The Labute approximate surface area is 238 Å². The van der Waals surface area contributed by atoms with Crippen LogP contribution in [0.15, 0.2) is 45.6 Å². The molecule has 1 aliphatic heterocycles. The molecular weight excluding hydrogens is 534 g/mol. The topological polar surface area (TPSA) is 106 Å². The highest BCUT2D eigenvalue weighted by molar-refractivity contribution is 6.33. The standard InChI is InChI=1S/C31H36ClNO7/c1-30(2,3)28(36)39-23-15-21(35)26-20(34)14-22(17-10-8-9-11-19(17)32)38-27(26)25(23)18-12-13-33(7)16-24(18)40-29(37)31(4,5)6/h8-11,14-15,18,24,35H,12-13,16H2,1-7H3. The van der Waals surface area contributed by atoms with Gasteiger partial charge in [-0.15, -0.1) is 0 Å². The van der Waals surface area contributed by atoms with Crippen molar-refractivity contribution in [2.75, 3.05) is 20.1 Å². The van der Waals surface area contributed by atoms with E-state index in [4.69, 9.17) is 25.5 Å². The number of carbonyl (C=O) groups excluding carboxylic acids is 2. The first-order valence-electron chi connectivity index (χ1n) is 13.3. The number of ether oxygens (including phenoxy) is 2. The number of phenolic OH excluding ortho intramolecular Hbond substituents is 1. The van der Waals surface area contributed by atoms with Gasteiger partial charge in [0, 0.05) is 35.7 Å². The van der Waals surface area contributed by atoms with Crippen LogP contribution in [0.3, 0.4) is 0 Å². The summed E-state index contributed by atoms with van der Waals surface area (Å²) in [6.07, 6.45) is -0.127. The van der Waals surface area contributed by atoms with Crippen molar-refractivity contribution in [1.29, 1.82) is 0 Å². The lowest BCUT2D eigenvalue weighted by Crippen LogP contribution is -2.44. The van der Waals surface area contributed by atoms with Crippen molar-refractivity contribution in [1.82, 2.24) is 4.90 Å². The van der Waals surface area contributed by atoms with Gasteiger partial charge < -0.3 is 23.9 Å². The molecule has 1 aromatic heterocycles. The van der Waals surface area contributed by atoms with Gasteiger partial charge in [0.15, 0.2) is 5.43 Å². The summed E-state index contributed by atoms with van der Waals surface area (Å²) >= 11 is 6.43. The van der Waals surface area contributed by atoms with E-state index in [0.29, 0.717) is 35.7 Å². The number of aromatic hydroxyl groups is 1. The van der Waals surface area contributed by atoms with Crippen LogP contribution in [0.1, 0.15) is 59.4 Å². The minimum atomic E-state index is -0.854. The molecule has 0 amide bonds. The highest BCUT2D eigenvalue weighted by Gasteiger charge is 2.39. The fourth-order valence-electron chi connectivity index (χ4n) is 4.63. The molecule has 1 aliphatic rings. The Bertz CT molecular complexity index is 1510. The number of carbonyl (C=O) groups is 2. The number of fused-ring (bicyclic) bond motifs is 1. The zero-order chi connectivity index (χ0) is 29.6. The van der Waals surface area contributed by atoms with Gasteiger partial charge in [0.25, 0.3) is 0 Å². The normalized spacial score (nSPS) is 18.5. The average molecular weight is 570 g/mol. The molecule has 0 spiro atoms. The van der Waals surface area contributed by atoms with Crippen LogP contribution in [0.25, 0.3) is 22.3 Å². The summed E-state index contributed by atoms with van der Waals surface area (Å²) < 4.78 is 18.2. The van der Waals surface area contributed by atoms with Crippen molar-refractivity contribution in [3.8, 4) is 22.8 Å². The molecule has 214 valence electrons. The van der Waals surface area contributed by atoms with Gasteiger partial charge in [0.1, 0.15) is 34.3 Å². The molecule has 3 aromatic rings. The Balaban J connectivity index is 2.01. The van der Waals surface area contributed by atoms with Gasteiger partial charge in [-0.1, -0.05) is 23.7 Å². The summed E-state index contributed by atoms with van der Waals surface area (Å²) in [5.74, 6) is -1.56. The molecule has 2 heterocycles. The van der Waals surface area contributed by atoms with Crippen LogP contribution < -0.4 is 10.2 Å². The zero-order valence-corrected chi connectivity index (χ0v) is 24.7. The van der Waals surface area contributed by atoms with Crippen LogP contribution in [0.5, 0.6) is 11.5 Å². The van der Waals surface area contributed by atoms with E-state index in [9.17, 15) is 19.5 Å². The van der Waals surface area contributed by atoms with E-state index < -0.39 is 34.2 Å². The first-order chi connectivity index (χ1) is 18.6. The molecule has 0 radical (unpaired) electrons. The summed E-state index contributed by atoms with van der Waals surface area (Å²) in [6, 6.07) is 9.48. The monoisotopic (exact) mass is 569 g/mol. The van der Waals surface area contributed by atoms with Gasteiger partial charge >= 0.3 is 11.9 Å². The predicted octanol–water partition coefficient (Wildman–Crippen LogP) is 6.15. The molecule has 2 aromatic carbocycles. The summed E-state index contributed by atoms with van der Waals surface area (Å²) in [4.78, 5) is 41.5. The van der Waals surface area contributed by atoms with Gasteiger partial charge in [-0.25, -0.2) is 0 Å². The van der Waals surface area contributed by atoms with E-state index >= 15 is 0 Å². The number of hydrogen-bond acceptors (Lipinski definition) is 8. The number of rotatable bonds is 4. The lowest BCUT2D eigenvalue weighted by atomic mass is 9.84. The molecule has 0 bridgehead atoms. The van der Waals surface area contributed by atoms with E-state index in [1.165, 1.54) is 12.1 Å². The zero-order valence-electron chi connectivity index (χ0n) is 24.0. The Morgan fingerprint density at radius 1 is 1.05 bits per heavy atom. The summed E-state index contributed by atoms with van der Waals surface area (Å²) in [7, 11) is 1.93. The SMILES string of the molecule is CN1CCC(c2c(OC(=O)C(C)(C)C)cc(O)c3c(=O)cc(-c4ccccc4Cl)oc23)C(OC(=O)C(C)(C)C)C1. The van der Waals surface area contributed by atoms with Crippen LogP contribution in [0.4, 0.5) is 0 Å². The number of nitrogens with zero attached hydrogens (tertiary/aromatic N) is 1. The van der Waals surface area contributed by atoms with Crippen LogP contribution in [0, 0.1) is 10.8 Å². The number of likely N-dealkylation sites (tertiary alicyclic amines) is 1. The number of likely N-dealkylation sites (N-methyl/N-ethyl adjacent to an activating group) is 1. The molecule has 8 nitrogen and oxygen atoms in total. The van der Waals surface area contributed by atoms with Crippen molar-refractivity contribution < 1.29 is 28.6 Å². The second kappa shape index (κ2) is 10.9. The number of esters is 2. The average Bonchev–Trinajstić information content (AvgIpc) is 2.83. The minimum absolute atomic E-state index is 0.0516. The highest BCUT2D eigenvalue weighted by atomic mass is 35.5. The number of hydrogen-bond donors (Lipinski definition) is 1. The lowest BCUT2D eigenvalue weighted by Gasteiger charge is -2.38. The molecule has 2 unspecified atom stereocenters. The molecule has 4 rings (SSSR count). The van der Waals surface area contributed by atoms with E-state index in [1.807, 2.05) is 11.9 Å². The Morgan fingerprint density at radius 2 is 1.70 bits per heavy atom. The summed E-state index contributed by atoms with van der Waals surface area (Å²) in [5.41, 5.74) is -1.15. The Hall–Kier alpha value is -3.36. The lowest BCUT2D eigenvalue weighted by molar-refractivity contribution is -0.162. The number of piperidine rings is 1. The van der Waals surface area contributed by atoms with E-state index in [1.54, 1.807) is 65.8 Å². The van der Waals surface area contributed by atoms with Gasteiger partial charge in [-0.3, -0.25) is 14.4 Å². The van der Waals surface area contributed by atoms with Gasteiger partial charge in [-0.2, -0.15) is 0 Å². The molecule has 1 N–H and O–H groups in total. The third-order valence-corrected chi connectivity index (χ3v) is 7.27. The smallest absolute Gasteiger partial charge is 0.316 e. The van der Waals surface area contributed by atoms with E-state index in [0.717, 1.165) is 0 Å². The maximum absolute atomic E-state index is 13.4. The molecule has 0 aliphatic carbocycles. The summed E-state index contributed by atoms with van der Waals surface area (Å²) in [5, 5.41) is 11.3. The van der Waals surface area contributed by atoms with Crippen molar-refractivity contribution in [2.45, 2.75) is 60.0 Å². The van der Waals surface area contributed by atoms with Crippen molar-refractivity contribution in [2.24, 2.45) is 10.8 Å². The molecule has 40 heavy (non-hydrogen) atoms. The minimum Gasteiger partial charge on any atom is -0.507 e. The molecule has 2 atom stereocenters. The fraction of sp³-hybridized carbons (Fsp3) is 0.452. The predicted molar refractivity (Wildman–Crippen MR) is 154 cm³/mol. The maximum atomic E-state index is 13.4. The van der Waals surface area contributed by atoms with Gasteiger partial charge in [0.2, 0.25) is 0 Å². The Kier molecular flexibility index (Phi) is 8.07. The first kappa shape index (κ1) is 29.6. The van der Waals surface area contributed by atoms with Crippen LogP contribution in [-0.2, 0) is 14.3 Å².